The minimum atomic E-state index is -0.204. The number of ketones is 1. The highest BCUT2D eigenvalue weighted by Gasteiger charge is 2.20. The first-order valence-electron chi connectivity index (χ1n) is 6.20. The molecule has 1 atom stereocenters. The Hall–Kier alpha value is -1.94. The van der Waals surface area contributed by atoms with Crippen molar-refractivity contribution in [3.63, 3.8) is 0 Å². The smallest absolute Gasteiger partial charge is 0.152 e. The van der Waals surface area contributed by atoms with Crippen LogP contribution in [0.15, 0.2) is 41.8 Å². The summed E-state index contributed by atoms with van der Waals surface area (Å²) in [7, 11) is 0. The van der Waals surface area contributed by atoms with Crippen molar-refractivity contribution in [1.29, 1.82) is 0 Å². The van der Waals surface area contributed by atoms with Gasteiger partial charge in [-0.25, -0.2) is 4.98 Å². The van der Waals surface area contributed by atoms with Crippen LogP contribution in [0.4, 0.5) is 0 Å². The summed E-state index contributed by atoms with van der Waals surface area (Å²) < 4.78 is 2.03. The predicted octanol–water partition coefficient (Wildman–Crippen LogP) is 3.91. The molecule has 0 bridgehead atoms. The lowest BCUT2D eigenvalue weighted by Crippen LogP contribution is -2.14. The average molecular weight is 270 g/mol. The average Bonchev–Trinajstić information content (AvgIpc) is 3.04. The van der Waals surface area contributed by atoms with Gasteiger partial charge in [-0.2, -0.15) is 0 Å². The van der Waals surface area contributed by atoms with Crippen LogP contribution in [0, 0.1) is 0 Å². The number of carbonyl (C=O) groups is 1. The van der Waals surface area contributed by atoms with E-state index < -0.39 is 0 Å². The summed E-state index contributed by atoms with van der Waals surface area (Å²) in [5.41, 5.74) is 1.94. The number of para-hydroxylation sites is 2. The van der Waals surface area contributed by atoms with Gasteiger partial charge in [0.2, 0.25) is 0 Å². The number of hydrogen-bond donors (Lipinski definition) is 0. The predicted molar refractivity (Wildman–Crippen MR) is 78.4 cm³/mol. The molecule has 0 aliphatic rings. The highest BCUT2D eigenvalue weighted by atomic mass is 32.1. The van der Waals surface area contributed by atoms with Crippen LogP contribution in [0.25, 0.3) is 21.7 Å². The molecule has 1 aromatic carbocycles. The third-order valence-electron chi connectivity index (χ3n) is 3.31. The Morgan fingerprint density at radius 3 is 2.74 bits per heavy atom. The molecule has 4 heteroatoms. The molecule has 3 rings (SSSR count). The number of aromatic nitrogens is 2. The molecule has 0 fully saturated rings. The molecule has 0 saturated heterocycles. The molecule has 2 aromatic heterocycles. The van der Waals surface area contributed by atoms with Crippen LogP contribution < -0.4 is 0 Å². The van der Waals surface area contributed by atoms with E-state index in [1.165, 1.54) is 0 Å². The Morgan fingerprint density at radius 2 is 2.05 bits per heavy atom. The number of fused-ring (bicyclic) bond motifs is 1. The Kier molecular flexibility index (Phi) is 2.95. The first-order chi connectivity index (χ1) is 9.18. The van der Waals surface area contributed by atoms with Crippen molar-refractivity contribution in [3.05, 3.63) is 41.8 Å². The second-order valence-electron chi connectivity index (χ2n) is 4.56. The fourth-order valence-corrected chi connectivity index (χ4v) is 2.91. The Morgan fingerprint density at radius 1 is 1.26 bits per heavy atom. The maximum Gasteiger partial charge on any atom is 0.152 e. The standard InChI is InChI=1S/C15H14N2OS/c1-10(11(2)18)17-13-7-4-3-6-12(13)16-15(17)14-8-5-9-19-14/h3-10H,1-2H3. The van der Waals surface area contributed by atoms with E-state index >= 15 is 0 Å². The first kappa shape index (κ1) is 12.1. The second-order valence-corrected chi connectivity index (χ2v) is 5.51. The monoisotopic (exact) mass is 270 g/mol. The van der Waals surface area contributed by atoms with Crippen LogP contribution in [0.5, 0.6) is 0 Å². The highest BCUT2D eigenvalue weighted by molar-refractivity contribution is 7.13. The fourth-order valence-electron chi connectivity index (χ4n) is 2.20. The van der Waals surface area contributed by atoms with E-state index in [2.05, 4.69) is 4.98 Å². The first-order valence-corrected chi connectivity index (χ1v) is 7.07. The molecule has 2 heterocycles. The van der Waals surface area contributed by atoms with Crippen LogP contribution in [0.3, 0.4) is 0 Å². The zero-order valence-electron chi connectivity index (χ0n) is 10.8. The lowest BCUT2D eigenvalue weighted by atomic mass is 10.2. The molecule has 19 heavy (non-hydrogen) atoms. The van der Waals surface area contributed by atoms with Crippen molar-refractivity contribution < 1.29 is 4.79 Å². The summed E-state index contributed by atoms with van der Waals surface area (Å²) in [6, 6.07) is 11.8. The van der Waals surface area contributed by atoms with E-state index in [1.807, 2.05) is 53.3 Å². The molecular formula is C15H14N2OS. The largest absolute Gasteiger partial charge is 0.313 e. The van der Waals surface area contributed by atoms with Crippen LogP contribution in [-0.4, -0.2) is 15.3 Å². The molecule has 0 spiro atoms. The number of hydrogen-bond acceptors (Lipinski definition) is 3. The zero-order chi connectivity index (χ0) is 13.4. The van der Waals surface area contributed by atoms with E-state index in [-0.39, 0.29) is 11.8 Å². The van der Waals surface area contributed by atoms with Crippen molar-refractivity contribution >= 4 is 28.2 Å². The summed E-state index contributed by atoms with van der Waals surface area (Å²) in [6.07, 6.45) is 0. The van der Waals surface area contributed by atoms with Gasteiger partial charge in [-0.05, 0) is 37.4 Å². The van der Waals surface area contributed by atoms with Gasteiger partial charge in [0.1, 0.15) is 0 Å². The molecule has 96 valence electrons. The fraction of sp³-hybridized carbons (Fsp3) is 0.200. The molecule has 0 amide bonds. The van der Waals surface area contributed by atoms with Crippen molar-refractivity contribution in [1.82, 2.24) is 9.55 Å². The van der Waals surface area contributed by atoms with E-state index in [4.69, 9.17) is 0 Å². The molecular weight excluding hydrogens is 256 g/mol. The minimum Gasteiger partial charge on any atom is -0.313 e. The lowest BCUT2D eigenvalue weighted by molar-refractivity contribution is -0.119. The SMILES string of the molecule is CC(=O)C(C)n1c(-c2cccs2)nc2ccccc21. The van der Waals surface area contributed by atoms with Crippen molar-refractivity contribution in [2.45, 2.75) is 19.9 Å². The van der Waals surface area contributed by atoms with E-state index in [0.29, 0.717) is 0 Å². The Balaban J connectivity index is 2.32. The third kappa shape index (κ3) is 1.98. The number of nitrogens with zero attached hydrogens (tertiary/aromatic N) is 2. The summed E-state index contributed by atoms with van der Waals surface area (Å²) in [5, 5.41) is 2.03. The number of thiophene rings is 1. The van der Waals surface area contributed by atoms with Gasteiger partial charge in [0.15, 0.2) is 11.6 Å². The number of imidazole rings is 1. The van der Waals surface area contributed by atoms with Crippen LogP contribution >= 0.6 is 11.3 Å². The van der Waals surface area contributed by atoms with Gasteiger partial charge in [0.05, 0.1) is 22.0 Å². The normalized spacial score (nSPS) is 12.7. The molecule has 0 aliphatic heterocycles. The molecule has 3 nitrogen and oxygen atoms in total. The van der Waals surface area contributed by atoms with Gasteiger partial charge in [0, 0.05) is 0 Å². The molecule has 1 unspecified atom stereocenters. The molecule has 0 radical (unpaired) electrons. The molecule has 0 saturated carbocycles. The van der Waals surface area contributed by atoms with Gasteiger partial charge < -0.3 is 4.57 Å². The van der Waals surface area contributed by atoms with Gasteiger partial charge in [-0.3, -0.25) is 4.79 Å². The lowest BCUT2D eigenvalue weighted by Gasteiger charge is -2.14. The van der Waals surface area contributed by atoms with Crippen LogP contribution in [0.1, 0.15) is 19.9 Å². The van der Waals surface area contributed by atoms with E-state index in [0.717, 1.165) is 21.7 Å². The van der Waals surface area contributed by atoms with Gasteiger partial charge in [-0.15, -0.1) is 11.3 Å². The maximum absolute atomic E-state index is 11.8. The zero-order valence-corrected chi connectivity index (χ0v) is 11.6. The quantitative estimate of drug-likeness (QED) is 0.723. The summed E-state index contributed by atoms with van der Waals surface area (Å²) in [5.74, 6) is 1.01. The topological polar surface area (TPSA) is 34.9 Å². The number of benzene rings is 1. The van der Waals surface area contributed by atoms with E-state index in [9.17, 15) is 4.79 Å². The minimum absolute atomic E-state index is 0.140. The second kappa shape index (κ2) is 4.63. The van der Waals surface area contributed by atoms with Crippen LogP contribution in [0.2, 0.25) is 0 Å². The number of carbonyl (C=O) groups excluding carboxylic acids is 1. The number of Topliss-reactive ketones (excluding diaryl/α,β-unsaturated/α-hetero) is 1. The van der Waals surface area contributed by atoms with Gasteiger partial charge in [0.25, 0.3) is 0 Å². The molecule has 3 aromatic rings. The van der Waals surface area contributed by atoms with Gasteiger partial charge >= 0.3 is 0 Å². The van der Waals surface area contributed by atoms with Crippen LogP contribution in [-0.2, 0) is 4.79 Å². The van der Waals surface area contributed by atoms with Crippen molar-refractivity contribution in [3.8, 4) is 10.7 Å². The summed E-state index contributed by atoms with van der Waals surface area (Å²) >= 11 is 1.64. The van der Waals surface area contributed by atoms with Crippen molar-refractivity contribution in [2.75, 3.05) is 0 Å². The Bertz CT molecular complexity index is 728. The summed E-state index contributed by atoms with van der Waals surface area (Å²) in [4.78, 5) is 17.5. The summed E-state index contributed by atoms with van der Waals surface area (Å²) in [6.45, 7) is 3.55. The maximum atomic E-state index is 11.8. The van der Waals surface area contributed by atoms with E-state index in [1.54, 1.807) is 18.3 Å². The number of rotatable bonds is 3. The third-order valence-corrected chi connectivity index (χ3v) is 4.18. The molecule has 0 aliphatic carbocycles. The highest BCUT2D eigenvalue weighted by Crippen LogP contribution is 2.31. The Labute approximate surface area is 115 Å². The van der Waals surface area contributed by atoms with Gasteiger partial charge in [-0.1, -0.05) is 18.2 Å². The van der Waals surface area contributed by atoms with Crippen molar-refractivity contribution in [2.24, 2.45) is 0 Å². The molecule has 0 N–H and O–H groups in total.